The van der Waals surface area contributed by atoms with Crippen molar-refractivity contribution < 1.29 is 0 Å². The average molecular weight is 351 g/mol. The van der Waals surface area contributed by atoms with E-state index in [1.807, 2.05) is 17.9 Å². The third kappa shape index (κ3) is 2.80. The molecule has 0 radical (unpaired) electrons. The fourth-order valence-electron chi connectivity index (χ4n) is 5.66. The first kappa shape index (κ1) is 16.5. The van der Waals surface area contributed by atoms with Gasteiger partial charge in [-0.1, -0.05) is 24.3 Å². The summed E-state index contributed by atoms with van der Waals surface area (Å²) in [6.45, 7) is 6.04. The van der Waals surface area contributed by atoms with Crippen molar-refractivity contribution >= 4 is 0 Å². The molecule has 3 aliphatic rings. The molecule has 1 aliphatic carbocycles. The lowest BCUT2D eigenvalue weighted by molar-refractivity contribution is 0.129. The van der Waals surface area contributed by atoms with Gasteiger partial charge in [0.05, 0.1) is 6.20 Å². The minimum absolute atomic E-state index is 0.412. The van der Waals surface area contributed by atoms with Gasteiger partial charge in [-0.05, 0) is 74.8 Å². The number of fused-ring (bicyclic) bond motifs is 2. The van der Waals surface area contributed by atoms with Crippen molar-refractivity contribution in [3.8, 4) is 0 Å². The SMILES string of the molecule is Cn1cc(CN2CCC3(CC2)CC(N2CCCC2)c2ccccc23)cn1. The summed E-state index contributed by atoms with van der Waals surface area (Å²) in [5, 5.41) is 4.32. The molecule has 2 aliphatic heterocycles. The van der Waals surface area contributed by atoms with Gasteiger partial charge in [0.15, 0.2) is 0 Å². The topological polar surface area (TPSA) is 24.3 Å². The van der Waals surface area contributed by atoms with Gasteiger partial charge in [0.1, 0.15) is 0 Å². The van der Waals surface area contributed by atoms with Crippen LogP contribution >= 0.6 is 0 Å². The molecule has 4 nitrogen and oxygen atoms in total. The van der Waals surface area contributed by atoms with E-state index in [4.69, 9.17) is 0 Å². The standard InChI is InChI=1S/C22H30N4/c1-24-16-18(15-23-24)17-25-12-8-22(9-13-25)14-21(26-10-4-5-11-26)19-6-2-3-7-20(19)22/h2-3,6-7,15-16,21H,4-5,8-14,17H2,1H3. The number of rotatable bonds is 3. The largest absolute Gasteiger partial charge is 0.299 e. The van der Waals surface area contributed by atoms with Crippen molar-refractivity contribution in [3.05, 3.63) is 53.3 Å². The van der Waals surface area contributed by atoms with Gasteiger partial charge in [-0.15, -0.1) is 0 Å². The Morgan fingerprint density at radius 3 is 2.58 bits per heavy atom. The Hall–Kier alpha value is -1.65. The van der Waals surface area contributed by atoms with Gasteiger partial charge in [-0.3, -0.25) is 14.5 Å². The van der Waals surface area contributed by atoms with Crippen molar-refractivity contribution in [2.24, 2.45) is 7.05 Å². The lowest BCUT2D eigenvalue weighted by atomic mass is 9.73. The van der Waals surface area contributed by atoms with Gasteiger partial charge < -0.3 is 0 Å². The summed E-state index contributed by atoms with van der Waals surface area (Å²) in [7, 11) is 2.00. The fraction of sp³-hybridized carbons (Fsp3) is 0.591. The quantitative estimate of drug-likeness (QED) is 0.847. The fourth-order valence-corrected chi connectivity index (χ4v) is 5.66. The maximum Gasteiger partial charge on any atom is 0.0534 e. The third-order valence-corrected chi connectivity index (χ3v) is 7.03. The first-order chi connectivity index (χ1) is 12.7. The Bertz CT molecular complexity index is 766. The summed E-state index contributed by atoms with van der Waals surface area (Å²) in [5.74, 6) is 0. The first-order valence-corrected chi connectivity index (χ1v) is 10.3. The summed E-state index contributed by atoms with van der Waals surface area (Å²) in [4.78, 5) is 5.38. The molecule has 5 rings (SSSR count). The van der Waals surface area contributed by atoms with Gasteiger partial charge in [0.25, 0.3) is 0 Å². The van der Waals surface area contributed by atoms with Crippen LogP contribution in [-0.2, 0) is 19.0 Å². The van der Waals surface area contributed by atoms with E-state index < -0.39 is 0 Å². The normalized spacial score (nSPS) is 25.8. The number of aryl methyl sites for hydroxylation is 1. The Morgan fingerprint density at radius 2 is 1.85 bits per heavy atom. The predicted octanol–water partition coefficient (Wildman–Crippen LogP) is 3.49. The van der Waals surface area contributed by atoms with E-state index in [0.717, 1.165) is 6.54 Å². The van der Waals surface area contributed by atoms with Crippen LogP contribution < -0.4 is 0 Å². The van der Waals surface area contributed by atoms with Crippen molar-refractivity contribution in [1.82, 2.24) is 19.6 Å². The van der Waals surface area contributed by atoms with Crippen LogP contribution in [0.1, 0.15) is 54.8 Å². The maximum absolute atomic E-state index is 4.32. The molecule has 1 spiro atoms. The van der Waals surface area contributed by atoms with Crippen molar-refractivity contribution in [2.75, 3.05) is 26.2 Å². The molecule has 0 bridgehead atoms. The van der Waals surface area contributed by atoms with Crippen LogP contribution in [0.2, 0.25) is 0 Å². The number of likely N-dealkylation sites (tertiary alicyclic amines) is 2. The molecule has 3 heterocycles. The molecular formula is C22H30N4. The predicted molar refractivity (Wildman–Crippen MR) is 104 cm³/mol. The summed E-state index contributed by atoms with van der Waals surface area (Å²) in [6, 6.07) is 10.0. The highest BCUT2D eigenvalue weighted by molar-refractivity contribution is 5.43. The number of hydrogen-bond acceptors (Lipinski definition) is 3. The molecule has 2 aromatic rings. The van der Waals surface area contributed by atoms with Crippen LogP contribution in [-0.4, -0.2) is 45.8 Å². The first-order valence-electron chi connectivity index (χ1n) is 10.3. The number of nitrogens with zero attached hydrogens (tertiary/aromatic N) is 4. The highest BCUT2D eigenvalue weighted by Gasteiger charge is 2.47. The number of piperidine rings is 1. The van der Waals surface area contributed by atoms with E-state index in [1.54, 1.807) is 11.1 Å². The third-order valence-electron chi connectivity index (χ3n) is 7.03. The average Bonchev–Trinajstić information content (AvgIpc) is 3.38. The van der Waals surface area contributed by atoms with E-state index >= 15 is 0 Å². The summed E-state index contributed by atoms with van der Waals surface area (Å²) in [5.41, 5.74) is 5.05. The monoisotopic (exact) mass is 350 g/mol. The highest BCUT2D eigenvalue weighted by atomic mass is 15.2. The van der Waals surface area contributed by atoms with E-state index in [1.165, 1.54) is 63.8 Å². The molecular weight excluding hydrogens is 320 g/mol. The maximum atomic E-state index is 4.32. The smallest absolute Gasteiger partial charge is 0.0534 e. The molecule has 0 N–H and O–H groups in total. The molecule has 26 heavy (non-hydrogen) atoms. The van der Waals surface area contributed by atoms with Gasteiger partial charge in [-0.25, -0.2) is 0 Å². The number of benzene rings is 1. The highest BCUT2D eigenvalue weighted by Crippen LogP contribution is 2.53. The molecule has 1 unspecified atom stereocenters. The molecule has 4 heteroatoms. The number of hydrogen-bond donors (Lipinski definition) is 0. The lowest BCUT2D eigenvalue weighted by Crippen LogP contribution is -2.41. The second-order valence-electron chi connectivity index (χ2n) is 8.63. The molecule has 1 aromatic heterocycles. The van der Waals surface area contributed by atoms with Crippen LogP contribution in [0.3, 0.4) is 0 Å². The molecule has 138 valence electrons. The van der Waals surface area contributed by atoms with Crippen molar-refractivity contribution in [3.63, 3.8) is 0 Å². The van der Waals surface area contributed by atoms with Crippen LogP contribution in [0.5, 0.6) is 0 Å². The molecule has 2 saturated heterocycles. The summed E-state index contributed by atoms with van der Waals surface area (Å²) < 4.78 is 1.91. The minimum atomic E-state index is 0.412. The Balaban J connectivity index is 1.33. The second kappa shape index (κ2) is 6.50. The Morgan fingerprint density at radius 1 is 1.08 bits per heavy atom. The van der Waals surface area contributed by atoms with E-state index in [2.05, 4.69) is 45.4 Å². The zero-order valence-corrected chi connectivity index (χ0v) is 15.9. The second-order valence-corrected chi connectivity index (χ2v) is 8.63. The molecule has 0 saturated carbocycles. The molecule has 1 aromatic carbocycles. The van der Waals surface area contributed by atoms with Gasteiger partial charge in [-0.2, -0.15) is 5.10 Å². The molecule has 1 atom stereocenters. The summed E-state index contributed by atoms with van der Waals surface area (Å²) in [6.07, 6.45) is 10.9. The van der Waals surface area contributed by atoms with Gasteiger partial charge >= 0.3 is 0 Å². The van der Waals surface area contributed by atoms with Crippen LogP contribution in [0.4, 0.5) is 0 Å². The van der Waals surface area contributed by atoms with E-state index in [-0.39, 0.29) is 0 Å². The van der Waals surface area contributed by atoms with Crippen LogP contribution in [0.25, 0.3) is 0 Å². The number of aromatic nitrogens is 2. The van der Waals surface area contributed by atoms with Crippen molar-refractivity contribution in [2.45, 2.75) is 50.1 Å². The van der Waals surface area contributed by atoms with E-state index in [0.29, 0.717) is 11.5 Å². The summed E-state index contributed by atoms with van der Waals surface area (Å²) >= 11 is 0. The lowest BCUT2D eigenvalue weighted by Gasteiger charge is -2.40. The Kier molecular flexibility index (Phi) is 4.13. The van der Waals surface area contributed by atoms with Crippen LogP contribution in [0, 0.1) is 0 Å². The van der Waals surface area contributed by atoms with Crippen molar-refractivity contribution in [1.29, 1.82) is 0 Å². The zero-order chi connectivity index (χ0) is 17.6. The molecule has 2 fully saturated rings. The Labute approximate surface area is 156 Å². The van der Waals surface area contributed by atoms with Gasteiger partial charge in [0, 0.05) is 31.4 Å². The van der Waals surface area contributed by atoms with Gasteiger partial charge in [0.2, 0.25) is 0 Å². The van der Waals surface area contributed by atoms with E-state index in [9.17, 15) is 0 Å². The molecule has 0 amide bonds. The minimum Gasteiger partial charge on any atom is -0.299 e. The van der Waals surface area contributed by atoms with Crippen LogP contribution in [0.15, 0.2) is 36.7 Å². The zero-order valence-electron chi connectivity index (χ0n) is 15.9.